The van der Waals surface area contributed by atoms with Crippen LogP contribution >= 0.6 is 43.2 Å². The topological polar surface area (TPSA) is 80.3 Å². The zero-order valence-electron chi connectivity index (χ0n) is 14.9. The highest BCUT2D eigenvalue weighted by Gasteiger charge is 2.09. The van der Waals surface area contributed by atoms with E-state index >= 15 is 0 Å². The number of aromatic nitrogens is 1. The number of ether oxygens (including phenoxy) is 1. The first-order valence-electron chi connectivity index (χ1n) is 8.06. The van der Waals surface area contributed by atoms with Gasteiger partial charge in [0.1, 0.15) is 5.75 Å². The number of anilines is 2. The molecule has 0 bridgehead atoms. The molecule has 28 heavy (non-hydrogen) atoms. The highest BCUT2D eigenvalue weighted by Crippen LogP contribution is 2.33. The molecule has 144 valence electrons. The lowest BCUT2D eigenvalue weighted by Crippen LogP contribution is -2.07. The number of benzene rings is 2. The van der Waals surface area contributed by atoms with Gasteiger partial charge in [-0.1, -0.05) is 27.3 Å². The van der Waals surface area contributed by atoms with Crippen LogP contribution < -0.4 is 15.4 Å². The molecule has 0 saturated heterocycles. The molecule has 2 aromatic carbocycles. The molecule has 1 aromatic heterocycles. The second-order valence-electron chi connectivity index (χ2n) is 5.72. The van der Waals surface area contributed by atoms with Crippen LogP contribution in [0.2, 0.25) is 0 Å². The van der Waals surface area contributed by atoms with E-state index < -0.39 is 0 Å². The highest BCUT2D eigenvalue weighted by molar-refractivity contribution is 9.11. The fourth-order valence-electron chi connectivity index (χ4n) is 2.49. The van der Waals surface area contributed by atoms with Crippen LogP contribution in [-0.2, 0) is 9.59 Å². The summed E-state index contributed by atoms with van der Waals surface area (Å²) in [5.41, 5.74) is 2.19. The van der Waals surface area contributed by atoms with Crippen LogP contribution in [0.3, 0.4) is 0 Å². The summed E-state index contributed by atoms with van der Waals surface area (Å²) in [5, 5.41) is 5.96. The average molecular weight is 525 g/mol. The number of fused-ring (bicyclic) bond motifs is 1. The predicted octanol–water partition coefficient (Wildman–Crippen LogP) is 5.44. The van der Waals surface area contributed by atoms with Gasteiger partial charge in [0.05, 0.1) is 21.8 Å². The van der Waals surface area contributed by atoms with Crippen LogP contribution in [0.5, 0.6) is 5.75 Å². The fraction of sp³-hybridized carbons (Fsp3) is 0.105. The number of hydrogen-bond donors (Lipinski definition) is 2. The van der Waals surface area contributed by atoms with Crippen LogP contribution in [-0.4, -0.2) is 23.9 Å². The zero-order valence-corrected chi connectivity index (χ0v) is 18.9. The van der Waals surface area contributed by atoms with E-state index in [9.17, 15) is 9.59 Å². The second kappa shape index (κ2) is 8.85. The number of hydrogen-bond acceptors (Lipinski definition) is 5. The molecule has 0 fully saturated rings. The molecule has 0 atom stereocenters. The fourth-order valence-corrected chi connectivity index (χ4v) is 4.82. The number of rotatable bonds is 5. The molecule has 3 rings (SSSR count). The van der Waals surface area contributed by atoms with Gasteiger partial charge >= 0.3 is 0 Å². The number of nitrogens with one attached hydrogen (secondary N) is 2. The maximum absolute atomic E-state index is 12.3. The van der Waals surface area contributed by atoms with Crippen molar-refractivity contribution in [2.75, 3.05) is 17.7 Å². The van der Waals surface area contributed by atoms with Crippen molar-refractivity contribution >= 4 is 82.1 Å². The predicted molar refractivity (Wildman–Crippen MR) is 120 cm³/mol. The van der Waals surface area contributed by atoms with E-state index in [-0.39, 0.29) is 11.8 Å². The zero-order chi connectivity index (χ0) is 20.3. The van der Waals surface area contributed by atoms with Gasteiger partial charge in [-0.2, -0.15) is 0 Å². The number of thiazole rings is 1. The standard InChI is InChI=1S/C19H15Br2N3O3S/c1-10(25)22-13-4-5-15-16(9-13)28-19(23-15)24-17(26)6-3-11-7-12(20)8-14(21)18(11)27-2/h3-9H,1-2H3,(H,22,25)(H,23,24,26). The van der Waals surface area contributed by atoms with Crippen LogP contribution in [0.4, 0.5) is 10.8 Å². The summed E-state index contributed by atoms with van der Waals surface area (Å²) in [6.45, 7) is 1.45. The van der Waals surface area contributed by atoms with Gasteiger partial charge < -0.3 is 10.1 Å². The van der Waals surface area contributed by atoms with Crippen molar-refractivity contribution in [1.29, 1.82) is 0 Å². The lowest BCUT2D eigenvalue weighted by atomic mass is 10.2. The van der Waals surface area contributed by atoms with Gasteiger partial charge in [0.2, 0.25) is 11.8 Å². The van der Waals surface area contributed by atoms with E-state index in [0.717, 1.165) is 24.7 Å². The summed E-state index contributed by atoms with van der Waals surface area (Å²) in [6, 6.07) is 9.11. The van der Waals surface area contributed by atoms with E-state index in [1.54, 1.807) is 25.3 Å². The Bertz CT molecular complexity index is 1100. The Morgan fingerprint density at radius 3 is 2.68 bits per heavy atom. The molecule has 6 nitrogen and oxygen atoms in total. The molecule has 0 aliphatic carbocycles. The van der Waals surface area contributed by atoms with E-state index in [4.69, 9.17) is 4.74 Å². The molecule has 0 unspecified atom stereocenters. The number of amides is 2. The Balaban J connectivity index is 1.76. The third-order valence-corrected chi connectivity index (χ3v) is 5.57. The van der Waals surface area contributed by atoms with Crippen molar-refractivity contribution in [1.82, 2.24) is 4.98 Å². The first-order valence-corrected chi connectivity index (χ1v) is 10.5. The van der Waals surface area contributed by atoms with Crippen LogP contribution in [0.15, 0.2) is 45.4 Å². The van der Waals surface area contributed by atoms with Gasteiger partial charge in [0.15, 0.2) is 5.13 Å². The lowest BCUT2D eigenvalue weighted by molar-refractivity contribution is -0.114. The molecule has 0 aliphatic heterocycles. The minimum Gasteiger partial charge on any atom is -0.495 e. The summed E-state index contributed by atoms with van der Waals surface area (Å²) < 4.78 is 7.88. The largest absolute Gasteiger partial charge is 0.495 e. The molecule has 0 radical (unpaired) electrons. The molecule has 0 spiro atoms. The average Bonchev–Trinajstić information content (AvgIpc) is 3.00. The van der Waals surface area contributed by atoms with Gasteiger partial charge in [0.25, 0.3) is 0 Å². The van der Waals surface area contributed by atoms with Crippen molar-refractivity contribution in [3.63, 3.8) is 0 Å². The van der Waals surface area contributed by atoms with E-state index in [0.29, 0.717) is 16.6 Å². The minimum absolute atomic E-state index is 0.142. The maximum Gasteiger partial charge on any atom is 0.250 e. The minimum atomic E-state index is -0.306. The third kappa shape index (κ3) is 4.98. The van der Waals surface area contributed by atoms with Crippen LogP contribution in [0.25, 0.3) is 16.3 Å². The van der Waals surface area contributed by atoms with Crippen molar-refractivity contribution in [2.24, 2.45) is 0 Å². The summed E-state index contributed by atoms with van der Waals surface area (Å²) >= 11 is 8.19. The third-order valence-electron chi connectivity index (χ3n) is 3.59. The molecule has 9 heteroatoms. The van der Waals surface area contributed by atoms with Gasteiger partial charge in [0, 0.05) is 28.7 Å². The molecule has 1 heterocycles. The smallest absolute Gasteiger partial charge is 0.250 e. The summed E-state index contributed by atoms with van der Waals surface area (Å²) in [4.78, 5) is 27.9. The van der Waals surface area contributed by atoms with Crippen molar-refractivity contribution in [2.45, 2.75) is 6.92 Å². The number of halogens is 2. The molecule has 2 amide bonds. The monoisotopic (exact) mass is 523 g/mol. The number of carbonyl (C=O) groups is 2. The Labute approximate surface area is 182 Å². The molecular weight excluding hydrogens is 510 g/mol. The van der Waals surface area contributed by atoms with E-state index in [1.165, 1.54) is 24.3 Å². The molecule has 2 N–H and O–H groups in total. The first-order chi connectivity index (χ1) is 13.4. The van der Waals surface area contributed by atoms with E-state index in [2.05, 4.69) is 47.5 Å². The van der Waals surface area contributed by atoms with E-state index in [1.807, 2.05) is 18.2 Å². The van der Waals surface area contributed by atoms with Crippen LogP contribution in [0.1, 0.15) is 12.5 Å². The van der Waals surface area contributed by atoms with Crippen molar-refractivity contribution in [3.8, 4) is 5.75 Å². The van der Waals surface area contributed by atoms with Gasteiger partial charge in [-0.25, -0.2) is 4.98 Å². The summed E-state index contributed by atoms with van der Waals surface area (Å²) in [5.74, 6) is 0.189. The summed E-state index contributed by atoms with van der Waals surface area (Å²) in [7, 11) is 1.57. The van der Waals surface area contributed by atoms with Crippen molar-refractivity contribution in [3.05, 3.63) is 50.9 Å². The normalized spacial score (nSPS) is 11.0. The molecule has 0 saturated carbocycles. The number of nitrogens with zero attached hydrogens (tertiary/aromatic N) is 1. The Kier molecular flexibility index (Phi) is 6.48. The Hall–Kier alpha value is -2.23. The Morgan fingerprint density at radius 2 is 1.96 bits per heavy atom. The molecule has 3 aromatic rings. The quantitative estimate of drug-likeness (QED) is 0.435. The summed E-state index contributed by atoms with van der Waals surface area (Å²) in [6.07, 6.45) is 3.09. The maximum atomic E-state index is 12.3. The highest BCUT2D eigenvalue weighted by atomic mass is 79.9. The van der Waals surface area contributed by atoms with Gasteiger partial charge in [-0.05, 0) is 52.3 Å². The SMILES string of the molecule is COc1c(Br)cc(Br)cc1C=CC(=O)Nc1nc2ccc(NC(C)=O)cc2s1. The van der Waals surface area contributed by atoms with Gasteiger partial charge in [-0.15, -0.1) is 0 Å². The second-order valence-corrected chi connectivity index (χ2v) is 8.52. The van der Waals surface area contributed by atoms with Crippen LogP contribution in [0, 0.1) is 0 Å². The molecular formula is C19H15Br2N3O3S. The number of carbonyl (C=O) groups excluding carboxylic acids is 2. The molecule has 0 aliphatic rings. The Morgan fingerprint density at radius 1 is 1.18 bits per heavy atom. The lowest BCUT2D eigenvalue weighted by Gasteiger charge is -2.08. The van der Waals surface area contributed by atoms with Crippen molar-refractivity contribution < 1.29 is 14.3 Å². The first kappa shape index (κ1) is 20.5. The van der Waals surface area contributed by atoms with Gasteiger partial charge in [-0.3, -0.25) is 14.9 Å². The number of methoxy groups -OCH3 is 1.